The largest absolute Gasteiger partial charge is 0.322 e. The van der Waals surface area contributed by atoms with Gasteiger partial charge in [0.05, 0.1) is 6.54 Å². The Bertz CT molecular complexity index is 887. The summed E-state index contributed by atoms with van der Waals surface area (Å²) in [7, 11) is 0. The molecule has 1 atom stereocenters. The van der Waals surface area contributed by atoms with Crippen LogP contribution in [-0.2, 0) is 13.1 Å². The standard InChI is InChI=1S/C22H27FN6/c1-2-21(22-24-25-26-29(22)17-19-8-10-20(23)11-9-19)28-14-12-27(13-15-28)16-18-6-4-3-5-7-18/h3-11,21H,2,12-17H2,1H3/p+2/t21-/m1/s1. The molecule has 3 aromatic rings. The van der Waals surface area contributed by atoms with Crippen molar-refractivity contribution in [3.05, 3.63) is 77.4 Å². The van der Waals surface area contributed by atoms with Gasteiger partial charge >= 0.3 is 0 Å². The summed E-state index contributed by atoms with van der Waals surface area (Å²) in [5.41, 5.74) is 2.41. The van der Waals surface area contributed by atoms with Gasteiger partial charge in [0.1, 0.15) is 44.6 Å². The van der Waals surface area contributed by atoms with Crippen molar-refractivity contribution in [1.82, 2.24) is 20.2 Å². The first-order chi connectivity index (χ1) is 14.2. The Balaban J connectivity index is 1.40. The van der Waals surface area contributed by atoms with Crippen LogP contribution >= 0.6 is 0 Å². The maximum Gasteiger partial charge on any atom is 0.209 e. The highest BCUT2D eigenvalue weighted by atomic mass is 19.1. The molecule has 0 amide bonds. The summed E-state index contributed by atoms with van der Waals surface area (Å²) in [6, 6.07) is 17.6. The average molecular weight is 397 g/mol. The van der Waals surface area contributed by atoms with E-state index in [1.807, 2.05) is 4.68 Å². The summed E-state index contributed by atoms with van der Waals surface area (Å²) in [4.78, 5) is 3.19. The van der Waals surface area contributed by atoms with Crippen LogP contribution in [0.15, 0.2) is 54.6 Å². The summed E-state index contributed by atoms with van der Waals surface area (Å²) in [6.45, 7) is 8.40. The quantitative estimate of drug-likeness (QED) is 0.604. The summed E-state index contributed by atoms with van der Waals surface area (Å²) < 4.78 is 15.1. The molecule has 1 aromatic heterocycles. The van der Waals surface area contributed by atoms with Crippen molar-refractivity contribution in [2.75, 3.05) is 26.2 Å². The van der Waals surface area contributed by atoms with Gasteiger partial charge in [0.2, 0.25) is 5.82 Å². The second-order valence-corrected chi connectivity index (χ2v) is 7.85. The molecule has 2 aromatic carbocycles. The van der Waals surface area contributed by atoms with E-state index in [2.05, 4.69) is 52.8 Å². The highest BCUT2D eigenvalue weighted by Crippen LogP contribution is 2.12. The molecule has 29 heavy (non-hydrogen) atoms. The van der Waals surface area contributed by atoms with Crippen molar-refractivity contribution in [2.24, 2.45) is 0 Å². The molecule has 1 fully saturated rings. The number of rotatable bonds is 7. The fourth-order valence-corrected chi connectivity index (χ4v) is 4.32. The van der Waals surface area contributed by atoms with Gasteiger partial charge in [0.25, 0.3) is 0 Å². The molecule has 0 unspecified atom stereocenters. The van der Waals surface area contributed by atoms with E-state index in [0.717, 1.165) is 50.5 Å². The Morgan fingerprint density at radius 3 is 2.38 bits per heavy atom. The van der Waals surface area contributed by atoms with E-state index in [1.54, 1.807) is 21.9 Å². The Morgan fingerprint density at radius 2 is 1.69 bits per heavy atom. The van der Waals surface area contributed by atoms with Crippen molar-refractivity contribution in [2.45, 2.75) is 32.5 Å². The van der Waals surface area contributed by atoms with E-state index in [4.69, 9.17) is 0 Å². The van der Waals surface area contributed by atoms with Crippen LogP contribution in [0.4, 0.5) is 4.39 Å². The van der Waals surface area contributed by atoms with Crippen LogP contribution < -0.4 is 9.80 Å². The third kappa shape index (κ3) is 4.86. The zero-order chi connectivity index (χ0) is 20.1. The lowest BCUT2D eigenvalue weighted by Crippen LogP contribution is -3.27. The lowest BCUT2D eigenvalue weighted by molar-refractivity contribution is -1.03. The third-order valence-electron chi connectivity index (χ3n) is 5.91. The maximum atomic E-state index is 13.2. The highest BCUT2D eigenvalue weighted by Gasteiger charge is 2.33. The first kappa shape index (κ1) is 19.7. The zero-order valence-corrected chi connectivity index (χ0v) is 16.9. The molecular formula is C22H29FN6+2. The Morgan fingerprint density at radius 1 is 0.966 bits per heavy atom. The van der Waals surface area contributed by atoms with E-state index in [0.29, 0.717) is 6.54 Å². The monoisotopic (exact) mass is 396 g/mol. The molecule has 2 N–H and O–H groups in total. The van der Waals surface area contributed by atoms with Gasteiger partial charge in [0, 0.05) is 12.0 Å². The lowest BCUT2D eigenvalue weighted by atomic mass is 10.1. The van der Waals surface area contributed by atoms with E-state index in [9.17, 15) is 4.39 Å². The molecule has 1 aliphatic heterocycles. The van der Waals surface area contributed by atoms with Crippen molar-refractivity contribution in [3.8, 4) is 0 Å². The van der Waals surface area contributed by atoms with Crippen LogP contribution in [0, 0.1) is 5.82 Å². The number of hydrogen-bond donors (Lipinski definition) is 2. The smallest absolute Gasteiger partial charge is 0.209 e. The van der Waals surface area contributed by atoms with Crippen molar-refractivity contribution >= 4 is 0 Å². The molecule has 0 bridgehead atoms. The topological polar surface area (TPSA) is 52.5 Å². The van der Waals surface area contributed by atoms with Crippen LogP contribution in [0.25, 0.3) is 0 Å². The fourth-order valence-electron chi connectivity index (χ4n) is 4.32. The summed E-state index contributed by atoms with van der Waals surface area (Å²) in [6.07, 6.45) is 0.993. The number of benzene rings is 2. The lowest BCUT2D eigenvalue weighted by Gasteiger charge is -2.33. The number of halogens is 1. The number of nitrogens with zero attached hydrogens (tertiary/aromatic N) is 4. The molecule has 0 spiro atoms. The second-order valence-electron chi connectivity index (χ2n) is 7.85. The molecule has 1 saturated heterocycles. The van der Waals surface area contributed by atoms with Gasteiger partial charge in [-0.3, -0.25) is 0 Å². The van der Waals surface area contributed by atoms with Crippen molar-refractivity contribution in [3.63, 3.8) is 0 Å². The van der Waals surface area contributed by atoms with E-state index in [-0.39, 0.29) is 11.9 Å². The first-order valence-corrected chi connectivity index (χ1v) is 10.5. The van der Waals surface area contributed by atoms with E-state index >= 15 is 0 Å². The minimum absolute atomic E-state index is 0.225. The molecule has 2 heterocycles. The van der Waals surface area contributed by atoms with Gasteiger partial charge < -0.3 is 9.80 Å². The molecule has 7 heteroatoms. The minimum atomic E-state index is -0.225. The predicted molar refractivity (Wildman–Crippen MR) is 108 cm³/mol. The van der Waals surface area contributed by atoms with Gasteiger partial charge in [-0.2, -0.15) is 0 Å². The molecular weight excluding hydrogens is 367 g/mol. The molecule has 1 aliphatic rings. The Kier molecular flexibility index (Phi) is 6.27. The summed E-state index contributed by atoms with van der Waals surface area (Å²) in [5, 5.41) is 12.5. The van der Waals surface area contributed by atoms with Crippen molar-refractivity contribution < 1.29 is 14.2 Å². The van der Waals surface area contributed by atoms with Gasteiger partial charge in [0.15, 0.2) is 0 Å². The molecule has 6 nitrogen and oxygen atoms in total. The summed E-state index contributed by atoms with van der Waals surface area (Å²) in [5.74, 6) is 0.704. The molecule has 0 aliphatic carbocycles. The van der Waals surface area contributed by atoms with Crippen LogP contribution in [-0.4, -0.2) is 46.4 Å². The van der Waals surface area contributed by atoms with Crippen LogP contribution in [0.1, 0.15) is 36.3 Å². The Labute approximate surface area is 170 Å². The number of nitrogens with one attached hydrogen (secondary N) is 2. The van der Waals surface area contributed by atoms with E-state index < -0.39 is 0 Å². The zero-order valence-electron chi connectivity index (χ0n) is 16.9. The molecule has 152 valence electrons. The SMILES string of the molecule is CC[C@H](c1nnnn1Cc1ccc(F)cc1)[NH+]1CC[NH+](Cc2ccccc2)CC1. The van der Waals surface area contributed by atoms with Crippen molar-refractivity contribution in [1.29, 1.82) is 0 Å². The fraction of sp³-hybridized carbons (Fsp3) is 0.409. The van der Waals surface area contributed by atoms with Crippen LogP contribution in [0.3, 0.4) is 0 Å². The van der Waals surface area contributed by atoms with Gasteiger partial charge in [-0.05, 0) is 28.1 Å². The first-order valence-electron chi connectivity index (χ1n) is 10.5. The van der Waals surface area contributed by atoms with Gasteiger partial charge in [-0.1, -0.05) is 49.4 Å². The number of hydrogen-bond acceptors (Lipinski definition) is 3. The molecule has 0 radical (unpaired) electrons. The van der Waals surface area contributed by atoms with Crippen LogP contribution in [0.2, 0.25) is 0 Å². The van der Waals surface area contributed by atoms with Gasteiger partial charge in [-0.15, -0.1) is 5.10 Å². The van der Waals surface area contributed by atoms with Gasteiger partial charge in [-0.25, -0.2) is 9.07 Å². The highest BCUT2D eigenvalue weighted by molar-refractivity contribution is 5.16. The third-order valence-corrected chi connectivity index (χ3v) is 5.91. The Hall–Kier alpha value is -2.64. The summed E-state index contributed by atoms with van der Waals surface area (Å²) >= 11 is 0. The number of tetrazole rings is 1. The average Bonchev–Trinajstić information content (AvgIpc) is 3.20. The molecule has 0 saturated carbocycles. The molecule has 4 rings (SSSR count). The number of quaternary nitrogens is 2. The number of aromatic nitrogens is 4. The number of piperazine rings is 1. The van der Waals surface area contributed by atoms with Crippen LogP contribution in [0.5, 0.6) is 0 Å². The second kappa shape index (κ2) is 9.24. The minimum Gasteiger partial charge on any atom is -0.322 e. The predicted octanol–water partition coefficient (Wildman–Crippen LogP) is 0.295. The maximum absolute atomic E-state index is 13.2. The van der Waals surface area contributed by atoms with E-state index in [1.165, 1.54) is 17.7 Å². The normalized spacial score (nSPS) is 20.5.